The van der Waals surface area contributed by atoms with Crippen molar-refractivity contribution in [3.63, 3.8) is 0 Å². The number of hydrogen-bond acceptors (Lipinski definition) is 2. The summed E-state index contributed by atoms with van der Waals surface area (Å²) in [5.41, 5.74) is 13.5. The molecule has 0 amide bonds. The molecule has 0 spiro atoms. The molecule has 0 aromatic rings. The molecule has 0 aliphatic carbocycles. The second-order valence-corrected chi connectivity index (χ2v) is 0.788. The smallest absolute Gasteiger partial charge is 0.450 e. The molecule has 0 bridgehead atoms. The van der Waals surface area contributed by atoms with E-state index in [1.165, 1.54) is 4.91 Å². The van der Waals surface area contributed by atoms with Gasteiger partial charge in [-0.15, -0.1) is 0 Å². The van der Waals surface area contributed by atoms with Crippen LogP contribution in [-0.2, 0) is 4.74 Å². The van der Waals surface area contributed by atoms with Crippen LogP contribution in [0.3, 0.4) is 0 Å². The topological polar surface area (TPSA) is 105 Å². The van der Waals surface area contributed by atoms with E-state index in [1.54, 1.807) is 6.92 Å². The quantitative estimate of drug-likeness (QED) is 0.253. The molecular formula is C3H6N3O3-. The molecule has 0 saturated heterocycles. The molecule has 0 unspecified atom stereocenters. The molecule has 6 nitrogen and oxygen atoms in total. The highest BCUT2D eigenvalue weighted by atomic mass is 16.7. The number of nitrogens with zero attached hydrogens (tertiary/aromatic N) is 3. The second-order valence-electron chi connectivity index (χ2n) is 0.788. The molecule has 0 fully saturated rings. The van der Waals surface area contributed by atoms with Crippen LogP contribution >= 0.6 is 0 Å². The maximum atomic E-state index is 9.38. The van der Waals surface area contributed by atoms with Crippen LogP contribution in [0.4, 0.5) is 4.79 Å². The lowest BCUT2D eigenvalue weighted by atomic mass is 10.9. The van der Waals surface area contributed by atoms with Crippen molar-refractivity contribution in [2.24, 2.45) is 0 Å². The zero-order valence-electron chi connectivity index (χ0n) is 4.81. The van der Waals surface area contributed by atoms with Crippen LogP contribution in [0.15, 0.2) is 0 Å². The van der Waals surface area contributed by atoms with E-state index in [1.807, 2.05) is 0 Å². The lowest BCUT2D eigenvalue weighted by molar-refractivity contribution is 0.0966. The molecule has 0 aromatic carbocycles. The van der Waals surface area contributed by atoms with Gasteiger partial charge in [-0.1, -0.05) is 0 Å². The Hall–Kier alpha value is -1.42. The molecule has 0 heterocycles. The highest BCUT2D eigenvalue weighted by Crippen LogP contribution is 1.69. The summed E-state index contributed by atoms with van der Waals surface area (Å²) in [6.45, 7) is 1.85. The van der Waals surface area contributed by atoms with Crippen molar-refractivity contribution in [2.45, 2.75) is 6.92 Å². The van der Waals surface area contributed by atoms with E-state index in [2.05, 4.69) is 4.74 Å². The molecule has 0 aromatic heterocycles. The van der Waals surface area contributed by atoms with Crippen molar-refractivity contribution in [2.75, 3.05) is 6.61 Å². The third kappa shape index (κ3) is 55.3. The highest BCUT2D eigenvalue weighted by molar-refractivity contribution is 5.56. The van der Waals surface area contributed by atoms with E-state index in [9.17, 15) is 4.79 Å². The van der Waals surface area contributed by atoms with Gasteiger partial charge in [0.25, 0.3) is 0 Å². The Morgan fingerprint density at radius 3 is 2.11 bits per heavy atom. The Bertz CT molecular complexity index is 107. The molecule has 0 rings (SSSR count). The molecule has 9 heavy (non-hydrogen) atoms. The standard InChI is InChI=1S/C3H6O3.N3/c1-2-6-3(4)5;1-3-2/h2H2,1H3,(H,4,5);/q;-1. The van der Waals surface area contributed by atoms with Gasteiger partial charge < -0.3 is 20.9 Å². The average Bonchev–Trinajstić information content (AvgIpc) is 1.67. The largest absolute Gasteiger partial charge is 0.505 e. The lowest BCUT2D eigenvalue weighted by Crippen LogP contribution is -1.97. The minimum atomic E-state index is -1.21. The summed E-state index contributed by atoms with van der Waals surface area (Å²) in [5.74, 6) is 0. The van der Waals surface area contributed by atoms with Crippen LogP contribution in [0.1, 0.15) is 6.92 Å². The normalized spacial score (nSPS) is 5.89. The minimum Gasteiger partial charge on any atom is -0.450 e. The molecule has 0 saturated carbocycles. The highest BCUT2D eigenvalue weighted by Gasteiger charge is 1.86. The zero-order valence-corrected chi connectivity index (χ0v) is 4.81. The monoisotopic (exact) mass is 132 g/mol. The van der Waals surface area contributed by atoms with E-state index in [0.29, 0.717) is 0 Å². The fourth-order valence-electron chi connectivity index (χ4n) is 0.123. The van der Waals surface area contributed by atoms with Crippen LogP contribution in [0, 0.1) is 0 Å². The van der Waals surface area contributed by atoms with E-state index >= 15 is 0 Å². The molecule has 0 aliphatic heterocycles. The Morgan fingerprint density at radius 1 is 1.78 bits per heavy atom. The Balaban J connectivity index is 0. The Morgan fingerprint density at radius 2 is 2.11 bits per heavy atom. The molecule has 6 heteroatoms. The summed E-state index contributed by atoms with van der Waals surface area (Å²) in [7, 11) is 0. The first-order chi connectivity index (χ1) is 4.18. The lowest BCUT2D eigenvalue weighted by Gasteiger charge is -1.87. The SMILES string of the molecule is CCOC(=O)O.[N-]=[N+]=[N-]. The molecule has 0 atom stereocenters. The predicted octanol–water partition coefficient (Wildman–Crippen LogP) is 1.57. The van der Waals surface area contributed by atoms with Gasteiger partial charge in [0.05, 0.1) is 6.61 Å². The van der Waals surface area contributed by atoms with Crippen LogP contribution in [-0.4, -0.2) is 17.9 Å². The maximum absolute atomic E-state index is 9.38. The summed E-state index contributed by atoms with van der Waals surface area (Å²) in [6, 6.07) is 0. The van der Waals surface area contributed by atoms with Crippen molar-refractivity contribution in [3.8, 4) is 0 Å². The number of carboxylic acid groups (broad SMARTS) is 1. The van der Waals surface area contributed by atoms with E-state index in [4.69, 9.17) is 16.2 Å². The molecule has 1 N–H and O–H groups in total. The fraction of sp³-hybridized carbons (Fsp3) is 0.667. The second kappa shape index (κ2) is 9.77. The summed E-state index contributed by atoms with van der Waals surface area (Å²) in [5, 5.41) is 7.69. The third-order valence-electron chi connectivity index (χ3n) is 0.268. The summed E-state index contributed by atoms with van der Waals surface area (Å²) in [6.07, 6.45) is -1.21. The van der Waals surface area contributed by atoms with Crippen LogP contribution in [0.2, 0.25) is 0 Å². The fourth-order valence-corrected chi connectivity index (χ4v) is 0.123. The number of hydrogen-bond donors (Lipinski definition) is 1. The van der Waals surface area contributed by atoms with Gasteiger partial charge in [0.2, 0.25) is 0 Å². The van der Waals surface area contributed by atoms with Crippen molar-refractivity contribution in [1.29, 1.82) is 0 Å². The Kier molecular flexibility index (Phi) is 11.4. The first-order valence-corrected chi connectivity index (χ1v) is 2.03. The number of rotatable bonds is 1. The molecule has 52 valence electrons. The third-order valence-corrected chi connectivity index (χ3v) is 0.268. The van der Waals surface area contributed by atoms with Gasteiger partial charge in [-0.05, 0) is 6.92 Å². The predicted molar refractivity (Wildman–Crippen MR) is 29.7 cm³/mol. The Labute approximate surface area is 51.5 Å². The van der Waals surface area contributed by atoms with Crippen LogP contribution in [0.5, 0.6) is 0 Å². The zero-order chi connectivity index (χ0) is 7.70. The molecule has 0 radical (unpaired) electrons. The maximum Gasteiger partial charge on any atom is 0.505 e. The van der Waals surface area contributed by atoms with Gasteiger partial charge >= 0.3 is 6.16 Å². The van der Waals surface area contributed by atoms with Gasteiger partial charge in [0, 0.05) is 0 Å². The van der Waals surface area contributed by atoms with Crippen LogP contribution < -0.4 is 0 Å². The summed E-state index contributed by atoms with van der Waals surface area (Å²) >= 11 is 0. The van der Waals surface area contributed by atoms with Crippen molar-refractivity contribution in [1.82, 2.24) is 0 Å². The van der Waals surface area contributed by atoms with Gasteiger partial charge in [0.1, 0.15) is 0 Å². The van der Waals surface area contributed by atoms with Gasteiger partial charge in [0.15, 0.2) is 0 Å². The minimum absolute atomic E-state index is 0.231. The van der Waals surface area contributed by atoms with Crippen molar-refractivity contribution in [3.05, 3.63) is 16.0 Å². The summed E-state index contributed by atoms with van der Waals surface area (Å²) in [4.78, 5) is 10.9. The molecule has 0 aliphatic rings. The summed E-state index contributed by atoms with van der Waals surface area (Å²) < 4.78 is 3.96. The van der Waals surface area contributed by atoms with Crippen LogP contribution in [0.25, 0.3) is 16.0 Å². The van der Waals surface area contributed by atoms with Crippen molar-refractivity contribution >= 4 is 6.16 Å². The van der Waals surface area contributed by atoms with Crippen molar-refractivity contribution < 1.29 is 14.6 Å². The van der Waals surface area contributed by atoms with Gasteiger partial charge in [-0.25, -0.2) is 4.79 Å². The van der Waals surface area contributed by atoms with E-state index in [-0.39, 0.29) is 6.61 Å². The van der Waals surface area contributed by atoms with Gasteiger partial charge in [-0.2, -0.15) is 0 Å². The first kappa shape index (κ1) is 10.5. The number of carbonyl (C=O) groups is 1. The number of ether oxygens (including phenoxy) is 1. The van der Waals surface area contributed by atoms with Gasteiger partial charge in [-0.3, -0.25) is 4.91 Å². The average molecular weight is 132 g/mol. The molecular weight excluding hydrogens is 126 g/mol. The van der Waals surface area contributed by atoms with E-state index in [0.717, 1.165) is 0 Å². The first-order valence-electron chi connectivity index (χ1n) is 2.03. The van der Waals surface area contributed by atoms with E-state index < -0.39 is 6.16 Å².